The van der Waals surface area contributed by atoms with Crippen LogP contribution in [0.4, 0.5) is 5.69 Å². The van der Waals surface area contributed by atoms with Gasteiger partial charge in [0.25, 0.3) is 0 Å². The third-order valence-corrected chi connectivity index (χ3v) is 3.92. The molecule has 1 fully saturated rings. The summed E-state index contributed by atoms with van der Waals surface area (Å²) in [5, 5.41) is 0. The van der Waals surface area contributed by atoms with Gasteiger partial charge in [0.05, 0.1) is 0 Å². The molecule has 2 N–H and O–H groups in total. The second-order valence-electron chi connectivity index (χ2n) is 5.55. The number of nitrogens with two attached hydrogens (primary N) is 1. The third kappa shape index (κ3) is 4.53. The van der Waals surface area contributed by atoms with Crippen molar-refractivity contribution in [1.29, 1.82) is 0 Å². The van der Waals surface area contributed by atoms with Gasteiger partial charge in [0.15, 0.2) is 0 Å². The first-order chi connectivity index (χ1) is 9.65. The molecule has 20 heavy (non-hydrogen) atoms. The van der Waals surface area contributed by atoms with Crippen molar-refractivity contribution < 1.29 is 4.79 Å². The molecule has 2 rings (SSSR count). The molecule has 0 spiro atoms. The minimum absolute atomic E-state index is 0.201. The van der Waals surface area contributed by atoms with Gasteiger partial charge < -0.3 is 15.5 Å². The Bertz CT molecular complexity index is 447. The van der Waals surface area contributed by atoms with Crippen LogP contribution in [0.15, 0.2) is 24.3 Å². The maximum atomic E-state index is 11.4. The van der Waals surface area contributed by atoms with Gasteiger partial charge >= 0.3 is 0 Å². The van der Waals surface area contributed by atoms with E-state index in [1.165, 1.54) is 5.56 Å². The van der Waals surface area contributed by atoms with Crippen LogP contribution in [0.5, 0.6) is 0 Å². The number of carbonyl (C=O) groups excluding carboxylic acids is 1. The summed E-state index contributed by atoms with van der Waals surface area (Å²) >= 11 is 0. The lowest BCUT2D eigenvalue weighted by atomic mass is 10.1. The molecule has 0 unspecified atom stereocenters. The molecule has 1 amide bonds. The molecule has 0 bridgehead atoms. The van der Waals surface area contributed by atoms with E-state index in [-0.39, 0.29) is 5.91 Å². The van der Waals surface area contributed by atoms with Crippen LogP contribution >= 0.6 is 0 Å². The number of anilines is 1. The third-order valence-electron chi connectivity index (χ3n) is 3.92. The van der Waals surface area contributed by atoms with Crippen molar-refractivity contribution in [1.82, 2.24) is 9.80 Å². The Morgan fingerprint density at radius 3 is 2.85 bits per heavy atom. The summed E-state index contributed by atoms with van der Waals surface area (Å²) in [5.74, 6) is 0.201. The number of hydrogen-bond donors (Lipinski definition) is 1. The van der Waals surface area contributed by atoms with Gasteiger partial charge in [-0.3, -0.25) is 4.79 Å². The van der Waals surface area contributed by atoms with E-state index in [0.717, 1.165) is 57.7 Å². The molecule has 1 aliphatic heterocycles. The zero-order valence-corrected chi connectivity index (χ0v) is 12.3. The van der Waals surface area contributed by atoms with Crippen molar-refractivity contribution in [3.63, 3.8) is 0 Å². The van der Waals surface area contributed by atoms with Gasteiger partial charge in [-0.25, -0.2) is 0 Å². The summed E-state index contributed by atoms with van der Waals surface area (Å²) in [4.78, 5) is 15.8. The van der Waals surface area contributed by atoms with E-state index in [1.54, 1.807) is 6.92 Å². The Morgan fingerprint density at radius 1 is 1.25 bits per heavy atom. The minimum Gasteiger partial charge on any atom is -0.399 e. The average molecular weight is 275 g/mol. The van der Waals surface area contributed by atoms with Gasteiger partial charge in [-0.05, 0) is 50.0 Å². The van der Waals surface area contributed by atoms with Gasteiger partial charge in [0.1, 0.15) is 0 Å². The monoisotopic (exact) mass is 275 g/mol. The second kappa shape index (κ2) is 7.29. The predicted octanol–water partition coefficient (Wildman–Crippen LogP) is 1.76. The van der Waals surface area contributed by atoms with Crippen molar-refractivity contribution in [2.24, 2.45) is 0 Å². The van der Waals surface area contributed by atoms with Crippen LogP contribution in [0, 0.1) is 0 Å². The van der Waals surface area contributed by atoms with Gasteiger partial charge in [-0.1, -0.05) is 12.1 Å². The molecule has 4 heteroatoms. The molecule has 4 nitrogen and oxygen atoms in total. The molecule has 0 radical (unpaired) electrons. The van der Waals surface area contributed by atoms with Gasteiger partial charge in [0.2, 0.25) is 5.91 Å². The van der Waals surface area contributed by atoms with Crippen LogP contribution in [-0.4, -0.2) is 48.4 Å². The maximum absolute atomic E-state index is 11.4. The smallest absolute Gasteiger partial charge is 0.219 e. The second-order valence-corrected chi connectivity index (χ2v) is 5.55. The number of nitrogen functional groups attached to an aromatic ring is 1. The van der Waals surface area contributed by atoms with E-state index in [0.29, 0.717) is 0 Å². The molecule has 110 valence electrons. The summed E-state index contributed by atoms with van der Waals surface area (Å²) in [6.07, 6.45) is 3.29. The number of hydrogen-bond acceptors (Lipinski definition) is 3. The number of nitrogens with zero attached hydrogens (tertiary/aromatic N) is 2. The normalized spacial score (nSPS) is 16.9. The molecular weight excluding hydrogens is 250 g/mol. The fraction of sp³-hybridized carbons (Fsp3) is 0.562. The highest BCUT2D eigenvalue weighted by Crippen LogP contribution is 2.10. The zero-order valence-electron chi connectivity index (χ0n) is 12.3. The Labute approximate surface area is 121 Å². The highest BCUT2D eigenvalue weighted by atomic mass is 16.2. The van der Waals surface area contributed by atoms with Crippen molar-refractivity contribution >= 4 is 11.6 Å². The van der Waals surface area contributed by atoms with E-state index in [1.807, 2.05) is 17.0 Å². The van der Waals surface area contributed by atoms with Crippen LogP contribution in [0.2, 0.25) is 0 Å². The first kappa shape index (κ1) is 14.9. The van der Waals surface area contributed by atoms with Crippen molar-refractivity contribution in [3.8, 4) is 0 Å². The van der Waals surface area contributed by atoms with Gasteiger partial charge in [0, 0.05) is 32.2 Å². The molecule has 0 aliphatic carbocycles. The van der Waals surface area contributed by atoms with Crippen molar-refractivity contribution in [2.75, 3.05) is 38.5 Å². The lowest BCUT2D eigenvalue weighted by Crippen LogP contribution is -2.34. The van der Waals surface area contributed by atoms with Crippen LogP contribution in [0.1, 0.15) is 25.3 Å². The van der Waals surface area contributed by atoms with Crippen molar-refractivity contribution in [2.45, 2.75) is 26.2 Å². The van der Waals surface area contributed by atoms with Crippen molar-refractivity contribution in [3.05, 3.63) is 29.8 Å². The van der Waals surface area contributed by atoms with Crippen LogP contribution < -0.4 is 5.73 Å². The molecule has 1 aromatic rings. The van der Waals surface area contributed by atoms with Gasteiger partial charge in [-0.2, -0.15) is 0 Å². The topological polar surface area (TPSA) is 49.6 Å². The fourth-order valence-corrected chi connectivity index (χ4v) is 2.76. The number of amides is 1. The first-order valence-electron chi connectivity index (χ1n) is 7.47. The highest BCUT2D eigenvalue weighted by Gasteiger charge is 2.15. The molecule has 1 aliphatic rings. The van der Waals surface area contributed by atoms with E-state index in [4.69, 9.17) is 5.73 Å². The highest BCUT2D eigenvalue weighted by molar-refractivity contribution is 5.73. The van der Waals surface area contributed by atoms with E-state index in [9.17, 15) is 4.79 Å². The van der Waals surface area contributed by atoms with Crippen LogP contribution in [-0.2, 0) is 11.2 Å². The summed E-state index contributed by atoms with van der Waals surface area (Å²) in [6, 6.07) is 8.13. The van der Waals surface area contributed by atoms with E-state index in [2.05, 4.69) is 17.0 Å². The molecule has 0 saturated carbocycles. The van der Waals surface area contributed by atoms with E-state index < -0.39 is 0 Å². The molecule has 0 atom stereocenters. The summed E-state index contributed by atoms with van der Waals surface area (Å²) in [7, 11) is 0. The standard InChI is InChI=1S/C16H25N3O/c1-14(20)19-10-4-9-18(11-12-19)8-3-6-15-5-2-7-16(17)13-15/h2,5,7,13H,3-4,6,8-12,17H2,1H3. The largest absolute Gasteiger partial charge is 0.399 e. The van der Waals surface area contributed by atoms with E-state index >= 15 is 0 Å². The van der Waals surface area contributed by atoms with Crippen LogP contribution in [0.3, 0.4) is 0 Å². The molecular formula is C16H25N3O. The molecule has 1 aromatic carbocycles. The summed E-state index contributed by atoms with van der Waals surface area (Å²) in [6.45, 7) is 6.63. The number of rotatable bonds is 4. The predicted molar refractivity (Wildman–Crippen MR) is 82.5 cm³/mol. The maximum Gasteiger partial charge on any atom is 0.219 e. The lowest BCUT2D eigenvalue weighted by Gasteiger charge is -2.21. The Morgan fingerprint density at radius 2 is 2.10 bits per heavy atom. The van der Waals surface area contributed by atoms with Crippen LogP contribution in [0.25, 0.3) is 0 Å². The van der Waals surface area contributed by atoms with Gasteiger partial charge in [-0.15, -0.1) is 0 Å². The number of benzene rings is 1. The zero-order chi connectivity index (χ0) is 14.4. The Hall–Kier alpha value is -1.55. The molecule has 1 saturated heterocycles. The minimum atomic E-state index is 0.201. The fourth-order valence-electron chi connectivity index (χ4n) is 2.76. The SMILES string of the molecule is CC(=O)N1CCCN(CCCc2cccc(N)c2)CC1. The summed E-state index contributed by atoms with van der Waals surface area (Å²) < 4.78 is 0. The average Bonchev–Trinajstić information content (AvgIpc) is 2.64. The quantitative estimate of drug-likeness (QED) is 0.852. The summed E-state index contributed by atoms with van der Waals surface area (Å²) in [5.41, 5.74) is 7.94. The Kier molecular flexibility index (Phi) is 5.41. The molecule has 1 heterocycles. The first-order valence-corrected chi connectivity index (χ1v) is 7.47. The number of aryl methyl sites for hydroxylation is 1. The lowest BCUT2D eigenvalue weighted by molar-refractivity contribution is -0.128. The number of carbonyl (C=O) groups is 1. The molecule has 0 aromatic heterocycles. The Balaban J connectivity index is 1.73.